The molecule has 6 nitrogen and oxygen atoms in total. The van der Waals surface area contributed by atoms with Gasteiger partial charge in [-0.05, 0) is 63.1 Å². The maximum absolute atomic E-state index is 12.8. The largest absolute Gasteiger partial charge is 0.366 e. The number of carbonyl (C=O) groups is 1. The molecule has 3 heterocycles. The lowest BCUT2D eigenvalue weighted by Gasteiger charge is -2.42. The number of carbonyl (C=O) groups excluding carboxylic acids is 1. The lowest BCUT2D eigenvalue weighted by Crippen LogP contribution is -2.46. The van der Waals surface area contributed by atoms with Crippen molar-refractivity contribution in [3.05, 3.63) is 41.9 Å². The molecule has 0 spiro atoms. The fraction of sp³-hybridized carbons (Fsp3) is 0.591. The van der Waals surface area contributed by atoms with E-state index in [1.54, 1.807) is 18.6 Å². The second kappa shape index (κ2) is 7.94. The van der Waals surface area contributed by atoms with Gasteiger partial charge in [0.15, 0.2) is 0 Å². The first-order valence-corrected chi connectivity index (χ1v) is 10.6. The lowest BCUT2D eigenvalue weighted by molar-refractivity contribution is 0.0954. The zero-order valence-electron chi connectivity index (χ0n) is 16.9. The minimum atomic E-state index is -0.0851. The standard InChI is InChI=1S/C22H31N5O/c1-22(2)14-19(17-6-4-3-5-7-17)26-20-18(15-25-27(20)22)21(28)24-13-10-16-8-11-23-12-9-16/h8-9,11-12,15,17,19,26H,3-7,10,13-14H2,1-2H3,(H,24,28). The van der Waals surface area contributed by atoms with Gasteiger partial charge in [0.25, 0.3) is 5.91 Å². The number of aromatic nitrogens is 3. The minimum Gasteiger partial charge on any atom is -0.366 e. The quantitative estimate of drug-likeness (QED) is 0.827. The SMILES string of the molecule is CC1(C)CC(C2CCCCC2)Nc2c(C(=O)NCCc3ccncc3)cnn21. The van der Waals surface area contributed by atoms with Gasteiger partial charge in [0.2, 0.25) is 0 Å². The Morgan fingerprint density at radius 1 is 1.25 bits per heavy atom. The van der Waals surface area contributed by atoms with Crippen molar-refractivity contribution in [2.45, 2.75) is 70.4 Å². The number of hydrogen-bond acceptors (Lipinski definition) is 4. The van der Waals surface area contributed by atoms with Crippen LogP contribution in [0.3, 0.4) is 0 Å². The van der Waals surface area contributed by atoms with Crippen LogP contribution in [-0.2, 0) is 12.0 Å². The summed E-state index contributed by atoms with van der Waals surface area (Å²) in [5, 5.41) is 11.3. The summed E-state index contributed by atoms with van der Waals surface area (Å²) >= 11 is 0. The smallest absolute Gasteiger partial charge is 0.256 e. The van der Waals surface area contributed by atoms with Gasteiger partial charge in [-0.3, -0.25) is 9.78 Å². The van der Waals surface area contributed by atoms with Crippen molar-refractivity contribution in [2.75, 3.05) is 11.9 Å². The topological polar surface area (TPSA) is 71.8 Å². The van der Waals surface area contributed by atoms with Gasteiger partial charge in [0.05, 0.1) is 11.7 Å². The van der Waals surface area contributed by atoms with Gasteiger partial charge in [-0.15, -0.1) is 0 Å². The maximum Gasteiger partial charge on any atom is 0.256 e. The number of nitrogens with one attached hydrogen (secondary N) is 2. The van der Waals surface area contributed by atoms with Crippen molar-refractivity contribution >= 4 is 11.7 Å². The molecule has 4 rings (SSSR count). The Hall–Kier alpha value is -2.37. The van der Waals surface area contributed by atoms with Crippen LogP contribution in [0.15, 0.2) is 30.7 Å². The lowest BCUT2D eigenvalue weighted by atomic mass is 9.78. The van der Waals surface area contributed by atoms with Gasteiger partial charge in [0, 0.05) is 25.0 Å². The Balaban J connectivity index is 1.46. The van der Waals surface area contributed by atoms with Crippen molar-refractivity contribution in [1.29, 1.82) is 0 Å². The molecule has 1 saturated carbocycles. The summed E-state index contributed by atoms with van der Waals surface area (Å²) in [5.74, 6) is 1.52. The van der Waals surface area contributed by atoms with Gasteiger partial charge in [-0.2, -0.15) is 5.10 Å². The summed E-state index contributed by atoms with van der Waals surface area (Å²) in [5.41, 5.74) is 1.74. The van der Waals surface area contributed by atoms with Gasteiger partial charge in [-0.25, -0.2) is 4.68 Å². The number of amides is 1. The number of fused-ring (bicyclic) bond motifs is 1. The van der Waals surface area contributed by atoms with Crippen LogP contribution in [0.1, 0.15) is 68.3 Å². The fourth-order valence-corrected chi connectivity index (χ4v) is 4.75. The van der Waals surface area contributed by atoms with Gasteiger partial charge in [0.1, 0.15) is 11.4 Å². The third-order valence-corrected chi connectivity index (χ3v) is 6.30. The minimum absolute atomic E-state index is 0.0529. The summed E-state index contributed by atoms with van der Waals surface area (Å²) in [4.78, 5) is 16.9. The Morgan fingerprint density at radius 3 is 2.75 bits per heavy atom. The second-order valence-corrected chi connectivity index (χ2v) is 8.85. The first-order valence-electron chi connectivity index (χ1n) is 10.6. The molecular formula is C22H31N5O. The molecule has 28 heavy (non-hydrogen) atoms. The summed E-state index contributed by atoms with van der Waals surface area (Å²) < 4.78 is 2.00. The molecule has 1 fully saturated rings. The number of nitrogens with zero attached hydrogens (tertiary/aromatic N) is 3. The number of anilines is 1. The van der Waals surface area contributed by atoms with Crippen molar-refractivity contribution in [2.24, 2.45) is 5.92 Å². The fourth-order valence-electron chi connectivity index (χ4n) is 4.75. The molecule has 1 unspecified atom stereocenters. The Bertz CT molecular complexity index is 808. The average Bonchev–Trinajstić information content (AvgIpc) is 3.14. The van der Waals surface area contributed by atoms with E-state index in [2.05, 4.69) is 34.6 Å². The van der Waals surface area contributed by atoms with Crippen LogP contribution in [0, 0.1) is 5.92 Å². The molecule has 2 aromatic rings. The van der Waals surface area contributed by atoms with E-state index in [1.807, 2.05) is 16.8 Å². The van der Waals surface area contributed by atoms with E-state index in [1.165, 1.54) is 37.7 Å². The molecule has 0 saturated heterocycles. The highest BCUT2D eigenvalue weighted by atomic mass is 16.1. The van der Waals surface area contributed by atoms with Gasteiger partial charge in [-0.1, -0.05) is 19.3 Å². The third kappa shape index (κ3) is 3.91. The molecule has 0 radical (unpaired) electrons. The molecule has 0 aromatic carbocycles. The molecule has 1 aliphatic heterocycles. The van der Waals surface area contributed by atoms with Crippen molar-refractivity contribution in [3.8, 4) is 0 Å². The highest BCUT2D eigenvalue weighted by molar-refractivity contribution is 5.98. The first-order chi connectivity index (χ1) is 13.5. The highest BCUT2D eigenvalue weighted by Crippen LogP contribution is 2.39. The molecule has 1 atom stereocenters. The van der Waals surface area contributed by atoms with E-state index < -0.39 is 0 Å². The first kappa shape index (κ1) is 19.0. The van der Waals surface area contributed by atoms with Crippen LogP contribution in [0.5, 0.6) is 0 Å². The van der Waals surface area contributed by atoms with Crippen molar-refractivity contribution in [1.82, 2.24) is 20.1 Å². The van der Waals surface area contributed by atoms with Crippen LogP contribution in [0.25, 0.3) is 0 Å². The van der Waals surface area contributed by atoms with E-state index in [4.69, 9.17) is 0 Å². The van der Waals surface area contributed by atoms with E-state index >= 15 is 0 Å². The zero-order valence-corrected chi connectivity index (χ0v) is 16.9. The number of rotatable bonds is 5. The molecule has 1 amide bonds. The van der Waals surface area contributed by atoms with Crippen LogP contribution in [-0.4, -0.2) is 33.3 Å². The Morgan fingerprint density at radius 2 is 2.00 bits per heavy atom. The molecule has 6 heteroatoms. The van der Waals surface area contributed by atoms with Crippen LogP contribution in [0.2, 0.25) is 0 Å². The maximum atomic E-state index is 12.8. The predicted molar refractivity (Wildman–Crippen MR) is 110 cm³/mol. The summed E-state index contributed by atoms with van der Waals surface area (Å²) in [6, 6.07) is 4.38. The highest BCUT2D eigenvalue weighted by Gasteiger charge is 2.39. The average molecular weight is 382 g/mol. The van der Waals surface area contributed by atoms with Gasteiger partial charge >= 0.3 is 0 Å². The molecule has 2 aromatic heterocycles. The van der Waals surface area contributed by atoms with E-state index in [-0.39, 0.29) is 11.4 Å². The van der Waals surface area contributed by atoms with E-state index in [9.17, 15) is 4.79 Å². The molecule has 1 aliphatic carbocycles. The summed E-state index contributed by atoms with van der Waals surface area (Å²) in [7, 11) is 0. The monoisotopic (exact) mass is 381 g/mol. The predicted octanol–water partition coefficient (Wildman–Crippen LogP) is 3.75. The molecule has 2 N–H and O–H groups in total. The normalized spacial score (nSPS) is 21.6. The molecule has 2 aliphatic rings. The van der Waals surface area contributed by atoms with Crippen LogP contribution in [0.4, 0.5) is 5.82 Å². The van der Waals surface area contributed by atoms with Crippen LogP contribution < -0.4 is 10.6 Å². The Kier molecular flexibility index (Phi) is 5.38. The number of pyridine rings is 1. The number of hydrogen-bond donors (Lipinski definition) is 2. The summed E-state index contributed by atoms with van der Waals surface area (Å²) in [6.45, 7) is 5.06. The molecule has 0 bridgehead atoms. The third-order valence-electron chi connectivity index (χ3n) is 6.30. The second-order valence-electron chi connectivity index (χ2n) is 8.85. The molecular weight excluding hydrogens is 350 g/mol. The Labute approximate surface area is 167 Å². The molecule has 150 valence electrons. The van der Waals surface area contributed by atoms with Crippen LogP contribution >= 0.6 is 0 Å². The van der Waals surface area contributed by atoms with E-state index in [0.717, 1.165) is 18.7 Å². The van der Waals surface area contributed by atoms with Crippen molar-refractivity contribution < 1.29 is 4.79 Å². The van der Waals surface area contributed by atoms with Gasteiger partial charge < -0.3 is 10.6 Å². The van der Waals surface area contributed by atoms with E-state index in [0.29, 0.717) is 24.1 Å². The summed E-state index contributed by atoms with van der Waals surface area (Å²) in [6.07, 6.45) is 13.7. The van der Waals surface area contributed by atoms with Crippen molar-refractivity contribution in [3.63, 3.8) is 0 Å². The zero-order chi connectivity index (χ0) is 19.6.